The molecule has 2 fully saturated rings. The summed E-state index contributed by atoms with van der Waals surface area (Å²) in [7, 11) is -0.714. The highest BCUT2D eigenvalue weighted by molar-refractivity contribution is 7.89. The minimum Gasteiger partial charge on any atom is -0.391 e. The highest BCUT2D eigenvalue weighted by Gasteiger charge is 2.45. The average molecular weight is 547 g/mol. The topological polar surface area (TPSA) is 138 Å². The van der Waals surface area contributed by atoms with Gasteiger partial charge in [-0.3, -0.25) is 9.59 Å². The number of rotatable bonds is 8. The fraction of sp³-hybridized carbons (Fsp3) is 0.615. The Labute approximate surface area is 224 Å². The first-order valence-electron chi connectivity index (χ1n) is 12.9. The lowest BCUT2D eigenvalue weighted by Crippen LogP contribution is -2.50. The van der Waals surface area contributed by atoms with Crippen LogP contribution in [-0.2, 0) is 19.6 Å². The number of carbonyl (C=O) groups is 2. The quantitative estimate of drug-likeness (QED) is 0.515. The van der Waals surface area contributed by atoms with Crippen LogP contribution in [0.15, 0.2) is 35.4 Å². The molecular weight excluding hydrogens is 508 g/mol. The van der Waals surface area contributed by atoms with Crippen molar-refractivity contribution >= 4 is 21.8 Å². The molecule has 11 nitrogen and oxygen atoms in total. The van der Waals surface area contributed by atoms with Crippen molar-refractivity contribution in [3.05, 3.63) is 41.7 Å². The van der Waals surface area contributed by atoms with Crippen molar-refractivity contribution in [1.29, 1.82) is 0 Å². The fourth-order valence-corrected chi connectivity index (χ4v) is 5.83. The van der Waals surface area contributed by atoms with E-state index in [4.69, 9.17) is 0 Å². The third-order valence-corrected chi connectivity index (χ3v) is 9.01. The Morgan fingerprint density at radius 2 is 1.89 bits per heavy atom. The van der Waals surface area contributed by atoms with Gasteiger partial charge in [-0.2, -0.15) is 0 Å². The number of aromatic nitrogens is 3. The first kappa shape index (κ1) is 28.2. The van der Waals surface area contributed by atoms with E-state index in [1.54, 1.807) is 23.7 Å². The van der Waals surface area contributed by atoms with E-state index in [1.807, 2.05) is 27.0 Å². The largest absolute Gasteiger partial charge is 0.391 e. The summed E-state index contributed by atoms with van der Waals surface area (Å²) < 4.78 is 27.8. The van der Waals surface area contributed by atoms with Crippen LogP contribution in [0.25, 0.3) is 0 Å². The summed E-state index contributed by atoms with van der Waals surface area (Å²) in [4.78, 5) is 28.9. The van der Waals surface area contributed by atoms with Crippen LogP contribution >= 0.6 is 0 Å². The lowest BCUT2D eigenvalue weighted by atomic mass is 9.85. The highest BCUT2D eigenvalue weighted by Crippen LogP contribution is 2.40. The number of nitrogens with zero attached hydrogens (tertiary/aromatic N) is 5. The van der Waals surface area contributed by atoms with E-state index in [0.29, 0.717) is 11.5 Å². The van der Waals surface area contributed by atoms with Gasteiger partial charge in [-0.1, -0.05) is 38.1 Å². The number of likely N-dealkylation sites (tertiary alicyclic amines) is 1. The molecule has 4 rings (SSSR count). The number of β-amino-alcohol motifs (C(OH)–C–C–N with tert-alkyl or cyclic N) is 1. The molecule has 1 saturated heterocycles. The molecule has 0 radical (unpaired) electrons. The summed E-state index contributed by atoms with van der Waals surface area (Å²) in [5.41, 5.74) is 0.960. The minimum absolute atomic E-state index is 0.0403. The Morgan fingerprint density at radius 3 is 2.50 bits per heavy atom. The number of nitrogens with one attached hydrogen (secondary N) is 1. The number of aliphatic hydroxyl groups excluding tert-OH is 1. The predicted molar refractivity (Wildman–Crippen MR) is 140 cm³/mol. The van der Waals surface area contributed by atoms with Gasteiger partial charge < -0.3 is 15.3 Å². The highest BCUT2D eigenvalue weighted by atomic mass is 32.2. The molecule has 208 valence electrons. The maximum atomic E-state index is 13.9. The van der Waals surface area contributed by atoms with Gasteiger partial charge >= 0.3 is 0 Å². The second kappa shape index (κ2) is 10.4. The van der Waals surface area contributed by atoms with E-state index in [0.717, 1.165) is 22.8 Å². The van der Waals surface area contributed by atoms with Gasteiger partial charge in [0.25, 0.3) is 0 Å². The first-order chi connectivity index (χ1) is 17.7. The van der Waals surface area contributed by atoms with Gasteiger partial charge in [0.15, 0.2) is 0 Å². The number of hydrogen-bond donors (Lipinski definition) is 2. The normalized spacial score (nSPS) is 21.9. The van der Waals surface area contributed by atoms with Crippen molar-refractivity contribution in [2.24, 2.45) is 5.41 Å². The molecule has 3 unspecified atom stereocenters. The summed E-state index contributed by atoms with van der Waals surface area (Å²) >= 11 is 0. The van der Waals surface area contributed by atoms with Crippen LogP contribution in [-0.4, -0.2) is 82.3 Å². The van der Waals surface area contributed by atoms with Crippen molar-refractivity contribution in [2.45, 2.75) is 82.0 Å². The van der Waals surface area contributed by atoms with Crippen molar-refractivity contribution in [1.82, 2.24) is 29.5 Å². The molecule has 1 aliphatic heterocycles. The van der Waals surface area contributed by atoms with Gasteiger partial charge in [0, 0.05) is 39.2 Å². The zero-order chi connectivity index (χ0) is 28.0. The molecule has 2 N–H and O–H groups in total. The van der Waals surface area contributed by atoms with E-state index in [1.165, 1.54) is 31.1 Å². The first-order valence-corrected chi connectivity index (χ1v) is 14.4. The standard InChI is InChI=1S/C26H38N6O5S/c1-16(18-8-7-9-20(12-18)38(36,37)30(5)6)27-24(34)22-13-19(33)14-31(22)25(35)23(26(2,3)4)32-15-21(28-29-32)17-10-11-17/h7-9,12,15-17,19,22-23,33H,10-11,13-14H2,1-6H3,(H,27,34)/t16?,19?,22?,23-/m1/s1. The maximum absolute atomic E-state index is 13.9. The molecule has 1 saturated carbocycles. The van der Waals surface area contributed by atoms with Gasteiger partial charge in [0.05, 0.1) is 22.7 Å². The summed E-state index contributed by atoms with van der Waals surface area (Å²) in [6.45, 7) is 7.60. The van der Waals surface area contributed by atoms with Crippen LogP contribution in [0.3, 0.4) is 0 Å². The maximum Gasteiger partial charge on any atom is 0.248 e. The van der Waals surface area contributed by atoms with Crippen molar-refractivity contribution in [3.63, 3.8) is 0 Å². The molecular formula is C26H38N6O5S. The van der Waals surface area contributed by atoms with Gasteiger partial charge in [-0.15, -0.1) is 5.10 Å². The van der Waals surface area contributed by atoms with Gasteiger partial charge in [-0.25, -0.2) is 17.4 Å². The zero-order valence-corrected chi connectivity index (χ0v) is 23.6. The Kier molecular flexibility index (Phi) is 7.70. The lowest BCUT2D eigenvalue weighted by Gasteiger charge is -2.34. The van der Waals surface area contributed by atoms with Crippen LogP contribution in [0.1, 0.15) is 76.2 Å². The van der Waals surface area contributed by atoms with E-state index in [2.05, 4.69) is 15.6 Å². The Morgan fingerprint density at radius 1 is 1.21 bits per heavy atom. The Hall–Kier alpha value is -2.83. The number of carbonyl (C=O) groups excluding carboxylic acids is 2. The lowest BCUT2D eigenvalue weighted by molar-refractivity contribution is -0.144. The second-order valence-electron chi connectivity index (χ2n) is 11.7. The van der Waals surface area contributed by atoms with Crippen molar-refractivity contribution in [3.8, 4) is 0 Å². The van der Waals surface area contributed by atoms with Crippen LogP contribution in [0.2, 0.25) is 0 Å². The number of amides is 2. The molecule has 2 heterocycles. The van der Waals surface area contributed by atoms with Crippen molar-refractivity contribution in [2.75, 3.05) is 20.6 Å². The molecule has 0 spiro atoms. The van der Waals surface area contributed by atoms with Crippen LogP contribution in [0, 0.1) is 5.41 Å². The molecule has 1 aromatic carbocycles. The molecule has 1 aliphatic carbocycles. The van der Waals surface area contributed by atoms with Crippen LogP contribution in [0.4, 0.5) is 0 Å². The third-order valence-electron chi connectivity index (χ3n) is 7.20. The number of sulfonamides is 1. The molecule has 2 amide bonds. The second-order valence-corrected chi connectivity index (χ2v) is 13.8. The van der Waals surface area contributed by atoms with Crippen LogP contribution in [0.5, 0.6) is 0 Å². The summed E-state index contributed by atoms with van der Waals surface area (Å²) in [5.74, 6) is -0.319. The predicted octanol–water partition coefficient (Wildman–Crippen LogP) is 1.83. The van der Waals surface area contributed by atoms with Crippen molar-refractivity contribution < 1.29 is 23.1 Å². The van der Waals surface area contributed by atoms with Gasteiger partial charge in [0.1, 0.15) is 12.1 Å². The smallest absolute Gasteiger partial charge is 0.248 e. The molecule has 2 aliphatic rings. The molecule has 12 heteroatoms. The SMILES string of the molecule is CC(NC(=O)C1CC(O)CN1C(=O)[C@@H](n1cc(C2CC2)nn1)C(C)(C)C)c1cccc(S(=O)(=O)N(C)C)c1. The Bertz CT molecular complexity index is 1300. The molecule has 0 bridgehead atoms. The summed E-state index contributed by atoms with van der Waals surface area (Å²) in [6, 6.07) is 4.31. The van der Waals surface area contributed by atoms with Gasteiger partial charge in [-0.05, 0) is 42.9 Å². The van der Waals surface area contributed by atoms with E-state index in [9.17, 15) is 23.1 Å². The molecule has 38 heavy (non-hydrogen) atoms. The minimum atomic E-state index is -3.63. The summed E-state index contributed by atoms with van der Waals surface area (Å²) in [5, 5.41) is 21.9. The van der Waals surface area contributed by atoms with E-state index in [-0.39, 0.29) is 23.8 Å². The van der Waals surface area contributed by atoms with E-state index >= 15 is 0 Å². The molecule has 2 aromatic rings. The summed E-state index contributed by atoms with van der Waals surface area (Å²) in [6.07, 6.45) is 3.23. The molecule has 1 aromatic heterocycles. The third kappa shape index (κ3) is 5.76. The van der Waals surface area contributed by atoms with E-state index < -0.39 is 45.6 Å². The zero-order valence-electron chi connectivity index (χ0n) is 22.8. The average Bonchev–Trinajstić information content (AvgIpc) is 3.44. The monoisotopic (exact) mass is 546 g/mol. The van der Waals surface area contributed by atoms with Crippen LogP contribution < -0.4 is 5.32 Å². The number of aliphatic hydroxyl groups is 1. The fourth-order valence-electron chi connectivity index (χ4n) is 4.87. The van der Waals surface area contributed by atoms with Gasteiger partial charge in [0.2, 0.25) is 21.8 Å². The Balaban J connectivity index is 1.54. The molecule has 4 atom stereocenters. The number of hydrogen-bond acceptors (Lipinski definition) is 7. The number of benzene rings is 1.